The molecule has 154 valence electrons. The van der Waals surface area contributed by atoms with Crippen molar-refractivity contribution in [2.24, 2.45) is 23.7 Å². The first-order valence-corrected chi connectivity index (χ1v) is 11.0. The number of aliphatic hydroxyl groups excluding tert-OH is 1. The minimum absolute atomic E-state index is 0.0856. The molecule has 4 bridgehead atoms. The molecule has 1 aromatic rings. The first-order valence-electron chi connectivity index (χ1n) is 11.0. The van der Waals surface area contributed by atoms with Gasteiger partial charge in [0.05, 0.1) is 6.61 Å². The number of hydrogen-bond acceptors (Lipinski definition) is 5. The fourth-order valence-corrected chi connectivity index (χ4v) is 7.23. The number of carbonyl (C=O) groups is 1. The van der Waals surface area contributed by atoms with Crippen LogP contribution in [0.2, 0.25) is 0 Å². The molecular formula is C24H28O5. The second-order valence-electron chi connectivity index (χ2n) is 9.78. The third kappa shape index (κ3) is 2.33. The topological polar surface area (TPSA) is 65.0 Å². The zero-order chi connectivity index (χ0) is 19.8. The Morgan fingerprint density at radius 1 is 1.10 bits per heavy atom. The van der Waals surface area contributed by atoms with Gasteiger partial charge in [-0.05, 0) is 56.4 Å². The summed E-state index contributed by atoms with van der Waals surface area (Å²) in [4.78, 5) is 25.7. The van der Waals surface area contributed by atoms with Crippen LogP contribution in [0.1, 0.15) is 61.4 Å². The summed E-state index contributed by atoms with van der Waals surface area (Å²) in [6, 6.07) is 7.56. The molecule has 0 aromatic heterocycles. The second kappa shape index (κ2) is 6.24. The van der Waals surface area contributed by atoms with Crippen LogP contribution in [-0.2, 0) is 20.1 Å². The maximum Gasteiger partial charge on any atom is 0.207 e. The molecule has 2 unspecified atom stereocenters. The number of rotatable bonds is 2. The molecule has 1 saturated heterocycles. The summed E-state index contributed by atoms with van der Waals surface area (Å²) in [5.41, 5.74) is 1.26. The molecular weight excluding hydrogens is 368 g/mol. The van der Waals surface area contributed by atoms with Gasteiger partial charge in [0.15, 0.2) is 11.4 Å². The van der Waals surface area contributed by atoms with E-state index in [0.29, 0.717) is 17.4 Å². The van der Waals surface area contributed by atoms with Crippen LogP contribution < -0.4 is 0 Å². The molecule has 1 N–H and O–H groups in total. The molecule has 4 saturated carbocycles. The van der Waals surface area contributed by atoms with Crippen LogP contribution in [0.4, 0.5) is 0 Å². The van der Waals surface area contributed by atoms with E-state index < -0.39 is 17.5 Å². The summed E-state index contributed by atoms with van der Waals surface area (Å²) >= 11 is 0. The van der Waals surface area contributed by atoms with Crippen LogP contribution in [0.3, 0.4) is 0 Å². The van der Waals surface area contributed by atoms with Crippen LogP contribution in [0.15, 0.2) is 35.9 Å². The third-order valence-corrected chi connectivity index (χ3v) is 8.34. The highest BCUT2D eigenvalue weighted by atomic mass is 17.3. The van der Waals surface area contributed by atoms with Crippen LogP contribution in [0.5, 0.6) is 0 Å². The standard InChI is InChI=1S/C24H28O5/c1-14(6-7-25)23-20-5-3-2-4-19(20)21(26)13-22(23)27-24(29-28-23)17-9-15-8-16(11-17)12-18(24)10-15/h2-6,15-18,22,25H,7-13H2,1H3/b14-6-. The van der Waals surface area contributed by atoms with E-state index >= 15 is 0 Å². The minimum atomic E-state index is -0.993. The van der Waals surface area contributed by atoms with E-state index in [0.717, 1.165) is 48.7 Å². The summed E-state index contributed by atoms with van der Waals surface area (Å²) in [6.45, 7) is 1.83. The number of benzene rings is 1. The lowest BCUT2D eigenvalue weighted by atomic mass is 9.53. The predicted molar refractivity (Wildman–Crippen MR) is 105 cm³/mol. The zero-order valence-corrected chi connectivity index (χ0v) is 16.8. The van der Waals surface area contributed by atoms with Gasteiger partial charge < -0.3 is 9.84 Å². The lowest BCUT2D eigenvalue weighted by molar-refractivity contribution is -0.559. The average molecular weight is 396 g/mol. The number of ether oxygens (including phenoxy) is 1. The highest BCUT2D eigenvalue weighted by Gasteiger charge is 2.67. The van der Waals surface area contributed by atoms with Crippen molar-refractivity contribution in [3.63, 3.8) is 0 Å². The molecule has 5 nitrogen and oxygen atoms in total. The molecule has 7 rings (SSSR count). The molecule has 1 aliphatic heterocycles. The number of carbonyl (C=O) groups excluding carboxylic acids is 1. The van der Waals surface area contributed by atoms with Gasteiger partial charge in [-0.15, -0.1) is 0 Å². The third-order valence-electron chi connectivity index (χ3n) is 8.34. The van der Waals surface area contributed by atoms with E-state index in [9.17, 15) is 9.90 Å². The average Bonchev–Trinajstić information content (AvgIpc) is 2.72. The van der Waals surface area contributed by atoms with Crippen LogP contribution in [-0.4, -0.2) is 29.4 Å². The van der Waals surface area contributed by atoms with Crippen LogP contribution >= 0.6 is 0 Å². The van der Waals surface area contributed by atoms with Gasteiger partial charge in [-0.25, -0.2) is 4.89 Å². The summed E-state index contributed by atoms with van der Waals surface area (Å²) in [5.74, 6) is 1.60. The van der Waals surface area contributed by atoms with Crippen molar-refractivity contribution in [1.29, 1.82) is 0 Å². The fourth-order valence-electron chi connectivity index (χ4n) is 7.23. The molecule has 1 aromatic carbocycles. The smallest absolute Gasteiger partial charge is 0.207 e. The number of aliphatic hydroxyl groups is 1. The fraction of sp³-hybridized carbons (Fsp3) is 0.625. The monoisotopic (exact) mass is 396 g/mol. The van der Waals surface area contributed by atoms with E-state index in [1.807, 2.05) is 31.2 Å². The highest BCUT2D eigenvalue weighted by molar-refractivity contribution is 6.00. The number of ketones is 1. The SMILES string of the molecule is C/C(=C/CO)C12OOC3(OC1CC(=O)c1ccccc12)C1CC2CC(C1)CC3C2. The number of fused-ring (bicyclic) bond motifs is 3. The van der Waals surface area contributed by atoms with Gasteiger partial charge >= 0.3 is 0 Å². The first-order chi connectivity index (χ1) is 14.1. The molecule has 1 spiro atoms. The summed E-state index contributed by atoms with van der Waals surface area (Å²) < 4.78 is 6.86. The second-order valence-corrected chi connectivity index (χ2v) is 9.78. The van der Waals surface area contributed by atoms with E-state index in [2.05, 4.69) is 0 Å². The van der Waals surface area contributed by atoms with E-state index in [1.54, 1.807) is 6.08 Å². The van der Waals surface area contributed by atoms with E-state index in [-0.39, 0.29) is 18.8 Å². The molecule has 5 aliphatic carbocycles. The Labute approximate surface area is 171 Å². The Kier molecular flexibility index (Phi) is 3.93. The lowest BCUT2D eigenvalue weighted by Crippen LogP contribution is -2.68. The van der Waals surface area contributed by atoms with Crippen molar-refractivity contribution in [2.75, 3.05) is 6.61 Å². The van der Waals surface area contributed by atoms with Gasteiger partial charge in [0.25, 0.3) is 0 Å². The van der Waals surface area contributed by atoms with Crippen molar-refractivity contribution in [1.82, 2.24) is 0 Å². The van der Waals surface area contributed by atoms with Crippen molar-refractivity contribution < 1.29 is 24.4 Å². The van der Waals surface area contributed by atoms with E-state index in [4.69, 9.17) is 14.5 Å². The van der Waals surface area contributed by atoms with Gasteiger partial charge in [-0.2, -0.15) is 4.89 Å². The molecule has 5 heteroatoms. The molecule has 5 fully saturated rings. The van der Waals surface area contributed by atoms with Gasteiger partial charge in [0.2, 0.25) is 5.79 Å². The molecule has 29 heavy (non-hydrogen) atoms. The van der Waals surface area contributed by atoms with Gasteiger partial charge in [0, 0.05) is 29.4 Å². The maximum atomic E-state index is 13.0. The summed E-state index contributed by atoms with van der Waals surface area (Å²) in [6.07, 6.45) is 7.43. The maximum absolute atomic E-state index is 13.0. The molecule has 6 aliphatic rings. The Morgan fingerprint density at radius 3 is 2.48 bits per heavy atom. The minimum Gasteiger partial charge on any atom is -0.392 e. The van der Waals surface area contributed by atoms with Crippen LogP contribution in [0.25, 0.3) is 0 Å². The van der Waals surface area contributed by atoms with Gasteiger partial charge in [0.1, 0.15) is 6.10 Å². The number of Topliss-reactive ketones (excluding diaryl/α,β-unsaturated/α-hetero) is 1. The molecule has 1 heterocycles. The van der Waals surface area contributed by atoms with Crippen molar-refractivity contribution >= 4 is 5.78 Å². The largest absolute Gasteiger partial charge is 0.392 e. The van der Waals surface area contributed by atoms with Crippen molar-refractivity contribution in [2.45, 2.75) is 62.9 Å². The normalized spacial score (nSPS) is 45.4. The van der Waals surface area contributed by atoms with Gasteiger partial charge in [-0.1, -0.05) is 30.3 Å². The van der Waals surface area contributed by atoms with Crippen LogP contribution in [0, 0.1) is 23.7 Å². The molecule has 2 atom stereocenters. The Balaban J connectivity index is 1.45. The van der Waals surface area contributed by atoms with Crippen molar-refractivity contribution in [3.05, 3.63) is 47.0 Å². The zero-order valence-electron chi connectivity index (χ0n) is 16.8. The quantitative estimate of drug-likeness (QED) is 0.607. The lowest BCUT2D eigenvalue weighted by Gasteiger charge is -2.63. The summed E-state index contributed by atoms with van der Waals surface area (Å²) in [5, 5.41) is 9.58. The Hall–Kier alpha value is -1.53. The predicted octanol–water partition coefficient (Wildman–Crippen LogP) is 3.91. The van der Waals surface area contributed by atoms with Crippen molar-refractivity contribution in [3.8, 4) is 0 Å². The Morgan fingerprint density at radius 2 is 1.79 bits per heavy atom. The highest BCUT2D eigenvalue weighted by Crippen LogP contribution is 2.63. The Bertz CT molecular complexity index is 861. The van der Waals surface area contributed by atoms with Gasteiger partial charge in [-0.3, -0.25) is 4.79 Å². The number of hydrogen-bond donors (Lipinski definition) is 1. The molecule has 0 radical (unpaired) electrons. The first kappa shape index (κ1) is 18.3. The van der Waals surface area contributed by atoms with E-state index in [1.165, 1.54) is 6.42 Å². The summed E-state index contributed by atoms with van der Waals surface area (Å²) in [7, 11) is 0. The molecule has 0 amide bonds.